The van der Waals surface area contributed by atoms with Crippen LogP contribution in [-0.2, 0) is 11.2 Å². The van der Waals surface area contributed by atoms with Crippen LogP contribution in [-0.4, -0.2) is 13.1 Å². The number of aryl methyl sites for hydroxylation is 1. The van der Waals surface area contributed by atoms with E-state index in [1.807, 2.05) is 19.1 Å². The molecular weight excluding hydrogens is 254 g/mol. The van der Waals surface area contributed by atoms with Crippen molar-refractivity contribution in [2.75, 3.05) is 7.11 Å². The highest BCUT2D eigenvalue weighted by atomic mass is 16.5. The van der Waals surface area contributed by atoms with Crippen LogP contribution in [0.2, 0.25) is 0 Å². The summed E-state index contributed by atoms with van der Waals surface area (Å²) in [7, 11) is 1.36. The van der Waals surface area contributed by atoms with Crippen LogP contribution in [0.15, 0.2) is 28.7 Å². The number of furan rings is 1. The fraction of sp³-hybridized carbons (Fsp3) is 0.250. The largest absolute Gasteiger partial charge is 0.465 e. The van der Waals surface area contributed by atoms with Gasteiger partial charge in [0.15, 0.2) is 0 Å². The van der Waals surface area contributed by atoms with Gasteiger partial charge in [0.2, 0.25) is 0 Å². The molecular formula is C16H15NO3. The zero-order valence-electron chi connectivity index (χ0n) is 11.7. The molecule has 0 aliphatic rings. The lowest BCUT2D eigenvalue weighted by atomic mass is 10.0. The van der Waals surface area contributed by atoms with Crippen molar-refractivity contribution in [3.05, 3.63) is 46.7 Å². The monoisotopic (exact) mass is 269 g/mol. The Labute approximate surface area is 117 Å². The summed E-state index contributed by atoms with van der Waals surface area (Å²) in [6.07, 6.45) is 0.664. The van der Waals surface area contributed by atoms with E-state index >= 15 is 0 Å². The molecule has 0 saturated carbocycles. The molecule has 20 heavy (non-hydrogen) atoms. The molecule has 0 fully saturated rings. The van der Waals surface area contributed by atoms with Gasteiger partial charge in [-0.25, -0.2) is 4.79 Å². The Morgan fingerprint density at radius 3 is 2.50 bits per heavy atom. The van der Waals surface area contributed by atoms with E-state index in [2.05, 4.69) is 6.07 Å². The minimum absolute atomic E-state index is 0.386. The van der Waals surface area contributed by atoms with Crippen LogP contribution in [0.3, 0.4) is 0 Å². The lowest BCUT2D eigenvalue weighted by Crippen LogP contribution is -2.04. The highest BCUT2D eigenvalue weighted by molar-refractivity contribution is 5.94. The van der Waals surface area contributed by atoms with Crippen LogP contribution in [0.25, 0.3) is 11.3 Å². The molecule has 0 bridgehead atoms. The molecule has 0 aliphatic heterocycles. The molecule has 0 unspecified atom stereocenters. The predicted molar refractivity (Wildman–Crippen MR) is 74.3 cm³/mol. The van der Waals surface area contributed by atoms with Gasteiger partial charge in [-0.3, -0.25) is 0 Å². The Kier molecular flexibility index (Phi) is 3.90. The SMILES string of the molecule is CCc1c(-c2ccc(C#N)cc2)oc(C)c1C(=O)OC. The third-order valence-electron chi connectivity index (χ3n) is 3.20. The molecule has 0 radical (unpaired) electrons. The van der Waals surface area contributed by atoms with Crippen LogP contribution < -0.4 is 0 Å². The molecule has 4 nitrogen and oxygen atoms in total. The number of esters is 1. The second-order valence-electron chi connectivity index (χ2n) is 4.38. The van der Waals surface area contributed by atoms with Crippen molar-refractivity contribution < 1.29 is 13.9 Å². The third kappa shape index (κ3) is 2.30. The lowest BCUT2D eigenvalue weighted by molar-refractivity contribution is 0.0597. The quantitative estimate of drug-likeness (QED) is 0.800. The second-order valence-corrected chi connectivity index (χ2v) is 4.38. The number of rotatable bonds is 3. The average Bonchev–Trinajstić information content (AvgIpc) is 2.83. The number of benzene rings is 1. The number of ether oxygens (including phenoxy) is 1. The minimum Gasteiger partial charge on any atom is -0.465 e. The molecule has 1 heterocycles. The predicted octanol–water partition coefficient (Wildman–Crippen LogP) is 3.48. The van der Waals surface area contributed by atoms with Crippen LogP contribution in [0.4, 0.5) is 0 Å². The van der Waals surface area contributed by atoms with Crippen LogP contribution >= 0.6 is 0 Å². The van der Waals surface area contributed by atoms with Gasteiger partial charge in [-0.1, -0.05) is 6.92 Å². The molecule has 4 heteroatoms. The Bertz CT molecular complexity index is 675. The Morgan fingerprint density at radius 2 is 2.00 bits per heavy atom. The number of carbonyl (C=O) groups excluding carboxylic acids is 1. The number of nitrogens with zero attached hydrogens (tertiary/aromatic N) is 1. The summed E-state index contributed by atoms with van der Waals surface area (Å²) in [5.41, 5.74) is 2.76. The second kappa shape index (κ2) is 5.62. The van der Waals surface area contributed by atoms with Gasteiger partial charge >= 0.3 is 5.97 Å². The van der Waals surface area contributed by atoms with Gasteiger partial charge < -0.3 is 9.15 Å². The van der Waals surface area contributed by atoms with E-state index in [1.54, 1.807) is 19.1 Å². The van der Waals surface area contributed by atoms with Crippen molar-refractivity contribution in [2.45, 2.75) is 20.3 Å². The lowest BCUT2D eigenvalue weighted by Gasteiger charge is -2.02. The summed E-state index contributed by atoms with van der Waals surface area (Å²) < 4.78 is 10.5. The molecule has 0 saturated heterocycles. The van der Waals surface area contributed by atoms with Gasteiger partial charge in [0, 0.05) is 11.1 Å². The summed E-state index contributed by atoms with van der Waals surface area (Å²) in [5, 5.41) is 8.82. The standard InChI is InChI=1S/C16H15NO3/c1-4-13-14(16(18)19-3)10(2)20-15(13)12-7-5-11(9-17)6-8-12/h5-8H,4H2,1-3H3. The van der Waals surface area contributed by atoms with Gasteiger partial charge in [-0.15, -0.1) is 0 Å². The topological polar surface area (TPSA) is 63.2 Å². The molecule has 0 spiro atoms. The van der Waals surface area contributed by atoms with E-state index in [-0.39, 0.29) is 5.97 Å². The van der Waals surface area contributed by atoms with Gasteiger partial charge in [0.05, 0.1) is 18.7 Å². The maximum Gasteiger partial charge on any atom is 0.341 e. The van der Waals surface area contributed by atoms with Crippen LogP contribution in [0, 0.1) is 18.3 Å². The van der Waals surface area contributed by atoms with Crippen LogP contribution in [0.1, 0.15) is 34.2 Å². The first kappa shape index (κ1) is 13.9. The van der Waals surface area contributed by atoms with E-state index in [0.717, 1.165) is 11.1 Å². The van der Waals surface area contributed by atoms with E-state index < -0.39 is 0 Å². The maximum atomic E-state index is 11.8. The molecule has 0 aliphatic carbocycles. The summed E-state index contributed by atoms with van der Waals surface area (Å²) in [4.78, 5) is 11.8. The highest BCUT2D eigenvalue weighted by Gasteiger charge is 2.23. The molecule has 0 amide bonds. The van der Waals surface area contributed by atoms with Crippen molar-refractivity contribution in [2.24, 2.45) is 0 Å². The van der Waals surface area contributed by atoms with Crippen molar-refractivity contribution in [1.82, 2.24) is 0 Å². The number of carbonyl (C=O) groups is 1. The van der Waals surface area contributed by atoms with Gasteiger partial charge in [-0.05, 0) is 37.6 Å². The normalized spacial score (nSPS) is 10.1. The summed E-state index contributed by atoms with van der Waals surface area (Å²) >= 11 is 0. The Hall–Kier alpha value is -2.54. The van der Waals surface area contributed by atoms with Crippen molar-refractivity contribution in [3.63, 3.8) is 0 Å². The maximum absolute atomic E-state index is 11.8. The van der Waals surface area contributed by atoms with Gasteiger partial charge in [0.25, 0.3) is 0 Å². The van der Waals surface area contributed by atoms with Gasteiger partial charge in [-0.2, -0.15) is 5.26 Å². The number of hydrogen-bond acceptors (Lipinski definition) is 4. The zero-order chi connectivity index (χ0) is 14.7. The number of nitriles is 1. The minimum atomic E-state index is -0.386. The first-order valence-electron chi connectivity index (χ1n) is 6.33. The third-order valence-corrected chi connectivity index (χ3v) is 3.20. The molecule has 2 aromatic rings. The van der Waals surface area contributed by atoms with E-state index in [0.29, 0.717) is 29.1 Å². The van der Waals surface area contributed by atoms with Crippen molar-refractivity contribution in [1.29, 1.82) is 5.26 Å². The Balaban J connectivity index is 2.57. The summed E-state index contributed by atoms with van der Waals surface area (Å²) in [5.74, 6) is 0.825. The molecule has 2 rings (SSSR count). The number of hydrogen-bond donors (Lipinski definition) is 0. The molecule has 1 aromatic heterocycles. The molecule has 0 N–H and O–H groups in total. The molecule has 1 aromatic carbocycles. The fourth-order valence-corrected chi connectivity index (χ4v) is 2.23. The highest BCUT2D eigenvalue weighted by Crippen LogP contribution is 2.32. The van der Waals surface area contributed by atoms with E-state index in [1.165, 1.54) is 7.11 Å². The smallest absolute Gasteiger partial charge is 0.341 e. The van der Waals surface area contributed by atoms with Gasteiger partial charge in [0.1, 0.15) is 17.1 Å². The zero-order valence-corrected chi connectivity index (χ0v) is 11.7. The van der Waals surface area contributed by atoms with E-state index in [9.17, 15) is 4.79 Å². The van der Waals surface area contributed by atoms with Crippen molar-refractivity contribution in [3.8, 4) is 17.4 Å². The fourth-order valence-electron chi connectivity index (χ4n) is 2.23. The Morgan fingerprint density at radius 1 is 1.35 bits per heavy atom. The first-order chi connectivity index (χ1) is 9.62. The molecule has 102 valence electrons. The molecule has 0 atom stereocenters. The first-order valence-corrected chi connectivity index (χ1v) is 6.33. The number of methoxy groups -OCH3 is 1. The van der Waals surface area contributed by atoms with Crippen LogP contribution in [0.5, 0.6) is 0 Å². The van der Waals surface area contributed by atoms with E-state index in [4.69, 9.17) is 14.4 Å². The summed E-state index contributed by atoms with van der Waals surface area (Å²) in [6.45, 7) is 3.71. The average molecular weight is 269 g/mol. The van der Waals surface area contributed by atoms with Crippen molar-refractivity contribution >= 4 is 5.97 Å². The summed E-state index contributed by atoms with van der Waals surface area (Å²) in [6, 6.07) is 9.16.